The fourth-order valence-electron chi connectivity index (χ4n) is 2.80. The number of carbonyl (C=O) groups excluding carboxylic acids is 2. The Kier molecular flexibility index (Phi) is 10.7. The highest BCUT2D eigenvalue weighted by molar-refractivity contribution is 5.34. The van der Waals surface area contributed by atoms with Crippen molar-refractivity contribution in [1.82, 2.24) is 0 Å². The first kappa shape index (κ1) is 19.8. The molecule has 4 heteroatoms. The summed E-state index contributed by atoms with van der Waals surface area (Å²) in [4.78, 5) is 28.2. The van der Waals surface area contributed by atoms with E-state index in [1.807, 2.05) is 0 Å². The topological polar surface area (TPSA) is 58.9 Å². The lowest BCUT2D eigenvalue weighted by Gasteiger charge is -2.33. The van der Waals surface area contributed by atoms with Crippen LogP contribution < -0.4 is 0 Å². The van der Waals surface area contributed by atoms with Crippen LogP contribution in [-0.2, 0) is 9.59 Å². The zero-order valence-corrected chi connectivity index (χ0v) is 14.0. The van der Waals surface area contributed by atoms with E-state index in [1.165, 1.54) is 0 Å². The molecule has 2 atom stereocenters. The second-order valence-electron chi connectivity index (χ2n) is 6.62. The Bertz CT molecular complexity index is 367. The van der Waals surface area contributed by atoms with Gasteiger partial charge in [-0.15, -0.1) is 0 Å². The standard InChI is InChI=1S/C17H30N2O2/c1-5-15(2)12-17(3,4)16(19-14-21)10-8-6-7-9-11-18-13-20/h15-16H,5-12H2,1-4H3. The van der Waals surface area contributed by atoms with Crippen LogP contribution in [0.5, 0.6) is 0 Å². The Balaban J connectivity index is 4.23. The van der Waals surface area contributed by atoms with Crippen LogP contribution in [0.25, 0.3) is 0 Å². The van der Waals surface area contributed by atoms with E-state index in [-0.39, 0.29) is 11.5 Å². The molecule has 0 aromatic rings. The molecule has 0 aliphatic heterocycles. The van der Waals surface area contributed by atoms with Crippen molar-refractivity contribution in [2.24, 2.45) is 21.3 Å². The molecule has 21 heavy (non-hydrogen) atoms. The van der Waals surface area contributed by atoms with Crippen molar-refractivity contribution in [3.8, 4) is 0 Å². The Labute approximate surface area is 129 Å². The third-order valence-corrected chi connectivity index (χ3v) is 4.24. The zero-order chi connectivity index (χ0) is 16.1. The third kappa shape index (κ3) is 9.33. The fraction of sp³-hybridized carbons (Fsp3) is 0.882. The second kappa shape index (κ2) is 11.4. The van der Waals surface area contributed by atoms with E-state index >= 15 is 0 Å². The molecule has 120 valence electrons. The molecule has 0 rings (SSSR count). The molecule has 2 unspecified atom stereocenters. The SMILES string of the molecule is CCC(C)CC(C)(C)C(CCCCCCN=C=O)N=C=O. The minimum atomic E-state index is 0.0364. The van der Waals surface area contributed by atoms with Gasteiger partial charge in [-0.1, -0.05) is 53.4 Å². The summed E-state index contributed by atoms with van der Waals surface area (Å²) in [5, 5.41) is 0. The molecule has 0 radical (unpaired) electrons. The summed E-state index contributed by atoms with van der Waals surface area (Å²) >= 11 is 0. The second-order valence-corrected chi connectivity index (χ2v) is 6.62. The summed E-state index contributed by atoms with van der Waals surface area (Å²) in [6, 6.07) is 0.0528. The van der Waals surface area contributed by atoms with Gasteiger partial charge in [0.1, 0.15) is 0 Å². The van der Waals surface area contributed by atoms with Gasteiger partial charge in [-0.2, -0.15) is 0 Å². The summed E-state index contributed by atoms with van der Waals surface area (Å²) in [7, 11) is 0. The molecule has 0 aromatic heterocycles. The average molecular weight is 294 g/mol. The van der Waals surface area contributed by atoms with Gasteiger partial charge in [0.2, 0.25) is 12.2 Å². The lowest BCUT2D eigenvalue weighted by Crippen LogP contribution is -2.29. The molecule has 0 bridgehead atoms. The number of unbranched alkanes of at least 4 members (excludes halogenated alkanes) is 3. The Morgan fingerprint density at radius 1 is 1.05 bits per heavy atom. The molecule has 0 fully saturated rings. The molecule has 0 saturated heterocycles. The number of nitrogens with zero attached hydrogens (tertiary/aromatic N) is 2. The van der Waals surface area contributed by atoms with Gasteiger partial charge in [0.05, 0.1) is 12.6 Å². The van der Waals surface area contributed by atoms with E-state index in [0.717, 1.165) is 44.9 Å². The van der Waals surface area contributed by atoms with Crippen LogP contribution in [0, 0.1) is 11.3 Å². The van der Waals surface area contributed by atoms with Crippen LogP contribution in [-0.4, -0.2) is 24.7 Å². The molecular weight excluding hydrogens is 264 g/mol. The predicted molar refractivity (Wildman–Crippen MR) is 85.8 cm³/mol. The smallest absolute Gasteiger partial charge is 0.211 e. The highest BCUT2D eigenvalue weighted by Gasteiger charge is 2.30. The van der Waals surface area contributed by atoms with E-state index in [9.17, 15) is 9.59 Å². The minimum Gasteiger partial charge on any atom is -0.211 e. The van der Waals surface area contributed by atoms with Gasteiger partial charge in [-0.3, -0.25) is 0 Å². The maximum Gasteiger partial charge on any atom is 0.235 e. The Hall–Kier alpha value is -1.24. The first-order valence-corrected chi connectivity index (χ1v) is 8.08. The Morgan fingerprint density at radius 3 is 2.29 bits per heavy atom. The molecule has 0 heterocycles. The van der Waals surface area contributed by atoms with Gasteiger partial charge < -0.3 is 0 Å². The normalized spacial score (nSPS) is 13.9. The van der Waals surface area contributed by atoms with Crippen LogP contribution in [0.3, 0.4) is 0 Å². The molecule has 0 aromatic carbocycles. The van der Waals surface area contributed by atoms with Crippen LogP contribution in [0.15, 0.2) is 9.98 Å². The predicted octanol–water partition coefficient (Wildman–Crippen LogP) is 4.44. The highest BCUT2D eigenvalue weighted by Crippen LogP contribution is 2.35. The number of hydrogen-bond donors (Lipinski definition) is 0. The number of hydrogen-bond acceptors (Lipinski definition) is 4. The van der Waals surface area contributed by atoms with Crippen molar-refractivity contribution >= 4 is 12.2 Å². The lowest BCUT2D eigenvalue weighted by atomic mass is 9.75. The van der Waals surface area contributed by atoms with Crippen molar-refractivity contribution in [2.45, 2.75) is 78.7 Å². The van der Waals surface area contributed by atoms with Gasteiger partial charge in [0.25, 0.3) is 0 Å². The number of aliphatic imine (C=N–C) groups is 2. The maximum atomic E-state index is 10.7. The molecule has 0 spiro atoms. The van der Waals surface area contributed by atoms with Crippen molar-refractivity contribution < 1.29 is 9.59 Å². The van der Waals surface area contributed by atoms with Crippen molar-refractivity contribution in [1.29, 1.82) is 0 Å². The molecule has 0 amide bonds. The maximum absolute atomic E-state index is 10.7. The molecule has 0 aliphatic carbocycles. The van der Waals surface area contributed by atoms with Crippen LogP contribution in [0.4, 0.5) is 0 Å². The molecule has 0 saturated carbocycles. The number of isocyanates is 2. The van der Waals surface area contributed by atoms with Gasteiger partial charge in [0, 0.05) is 0 Å². The quantitative estimate of drug-likeness (QED) is 0.303. The summed E-state index contributed by atoms with van der Waals surface area (Å²) in [5.41, 5.74) is 0.0364. The summed E-state index contributed by atoms with van der Waals surface area (Å²) in [6.07, 6.45) is 10.6. The zero-order valence-electron chi connectivity index (χ0n) is 14.0. The van der Waals surface area contributed by atoms with Crippen LogP contribution >= 0.6 is 0 Å². The van der Waals surface area contributed by atoms with E-state index in [0.29, 0.717) is 12.5 Å². The minimum absolute atomic E-state index is 0.0364. The number of rotatable bonds is 12. The molecule has 4 nitrogen and oxygen atoms in total. The largest absolute Gasteiger partial charge is 0.235 e. The van der Waals surface area contributed by atoms with Gasteiger partial charge in [0.15, 0.2) is 0 Å². The van der Waals surface area contributed by atoms with E-state index in [1.54, 1.807) is 12.2 Å². The van der Waals surface area contributed by atoms with Crippen LogP contribution in [0.2, 0.25) is 0 Å². The van der Waals surface area contributed by atoms with Crippen molar-refractivity contribution in [2.75, 3.05) is 6.54 Å². The molecule has 0 N–H and O–H groups in total. The monoisotopic (exact) mass is 294 g/mol. The Morgan fingerprint density at radius 2 is 1.71 bits per heavy atom. The van der Waals surface area contributed by atoms with Crippen molar-refractivity contribution in [3.63, 3.8) is 0 Å². The first-order chi connectivity index (χ1) is 9.97. The van der Waals surface area contributed by atoms with Gasteiger partial charge in [-0.25, -0.2) is 19.6 Å². The van der Waals surface area contributed by atoms with E-state index < -0.39 is 0 Å². The summed E-state index contributed by atoms with van der Waals surface area (Å²) < 4.78 is 0. The van der Waals surface area contributed by atoms with E-state index in [2.05, 4.69) is 37.7 Å². The summed E-state index contributed by atoms with van der Waals surface area (Å²) in [6.45, 7) is 9.41. The fourth-order valence-corrected chi connectivity index (χ4v) is 2.80. The third-order valence-electron chi connectivity index (χ3n) is 4.24. The van der Waals surface area contributed by atoms with Crippen LogP contribution in [0.1, 0.15) is 72.6 Å². The van der Waals surface area contributed by atoms with Crippen molar-refractivity contribution in [3.05, 3.63) is 0 Å². The lowest BCUT2D eigenvalue weighted by molar-refractivity contribution is 0.209. The summed E-state index contributed by atoms with van der Waals surface area (Å²) in [5.74, 6) is 0.644. The van der Waals surface area contributed by atoms with Gasteiger partial charge in [-0.05, 0) is 30.6 Å². The molecular formula is C17H30N2O2. The average Bonchev–Trinajstić information content (AvgIpc) is 2.44. The molecule has 0 aliphatic rings. The highest BCUT2D eigenvalue weighted by atomic mass is 16.1. The van der Waals surface area contributed by atoms with Gasteiger partial charge >= 0.3 is 0 Å². The first-order valence-electron chi connectivity index (χ1n) is 8.08. The van der Waals surface area contributed by atoms with E-state index in [4.69, 9.17) is 0 Å².